The van der Waals surface area contributed by atoms with Gasteiger partial charge >= 0.3 is 0 Å². The Bertz CT molecular complexity index is 901. The molecule has 2 aromatic rings. The van der Waals surface area contributed by atoms with Crippen LogP contribution in [0.25, 0.3) is 0 Å². The van der Waals surface area contributed by atoms with Crippen LogP contribution in [0.1, 0.15) is 26.3 Å². The molecule has 0 saturated carbocycles. The average molecular weight is 474 g/mol. The Kier molecular flexibility index (Phi) is 8.24. The predicted octanol–water partition coefficient (Wildman–Crippen LogP) is 3.55. The number of carbonyl (C=O) groups is 2. The van der Waals surface area contributed by atoms with Crippen molar-refractivity contribution in [3.63, 3.8) is 0 Å². The van der Waals surface area contributed by atoms with Crippen LogP contribution in [0.2, 0.25) is 0 Å². The largest absolute Gasteiger partial charge is 0.339 e. The van der Waals surface area contributed by atoms with Crippen molar-refractivity contribution in [1.82, 2.24) is 10.6 Å². The van der Waals surface area contributed by atoms with Gasteiger partial charge in [0.2, 0.25) is 3.79 Å². The van der Waals surface area contributed by atoms with E-state index in [2.05, 4.69) is 16.0 Å². The number of ketones is 1. The van der Waals surface area contributed by atoms with Crippen LogP contribution < -0.4 is 21.7 Å². The molecule has 0 radical (unpaired) electrons. The maximum Gasteiger partial charge on any atom is 0.253 e. The molecule has 0 aliphatic heterocycles. The van der Waals surface area contributed by atoms with E-state index in [1.807, 2.05) is 6.07 Å². The minimum Gasteiger partial charge on any atom is -0.339 e. The van der Waals surface area contributed by atoms with Crippen LogP contribution in [0, 0.1) is 6.92 Å². The van der Waals surface area contributed by atoms with Gasteiger partial charge in [0.15, 0.2) is 10.9 Å². The van der Waals surface area contributed by atoms with Gasteiger partial charge in [-0.25, -0.2) is 0 Å². The molecule has 0 fully saturated rings. The van der Waals surface area contributed by atoms with E-state index in [0.29, 0.717) is 16.8 Å². The van der Waals surface area contributed by atoms with Gasteiger partial charge in [0, 0.05) is 16.8 Å². The maximum atomic E-state index is 12.6. The summed E-state index contributed by atoms with van der Waals surface area (Å²) in [7, 11) is 0. The zero-order valence-electron chi connectivity index (χ0n) is 15.3. The molecule has 1 atom stereocenters. The third-order valence-corrected chi connectivity index (χ3v) is 4.79. The summed E-state index contributed by atoms with van der Waals surface area (Å²) in [5.41, 5.74) is 7.66. The van der Waals surface area contributed by atoms with E-state index in [1.54, 1.807) is 49.4 Å². The highest BCUT2D eigenvalue weighted by Crippen LogP contribution is 2.29. The molecule has 29 heavy (non-hydrogen) atoms. The number of amides is 1. The summed E-state index contributed by atoms with van der Waals surface area (Å²) in [4.78, 5) is 24.1. The lowest BCUT2D eigenvalue weighted by atomic mass is 10.1. The number of nitrogens with one attached hydrogen (secondary N) is 3. The smallest absolute Gasteiger partial charge is 0.253 e. The standard InChI is InChI=1S/C19H19Cl3N4O2S/c1-11-4-2-3-5-14(11)16(28)25-17(19(20,21)22)26-18(29)24-13-8-6-12(7-9-13)15(27)10-23/h2-9,17H,10,23H2,1H3,(H,25,28)(H2,24,26,29). The van der Waals surface area contributed by atoms with Crippen molar-refractivity contribution in [1.29, 1.82) is 0 Å². The number of thiocarbonyl (C=S) groups is 1. The second kappa shape index (κ2) is 10.2. The third kappa shape index (κ3) is 6.83. The summed E-state index contributed by atoms with van der Waals surface area (Å²) in [6.07, 6.45) is -1.10. The number of carbonyl (C=O) groups excluding carboxylic acids is 2. The number of aryl methyl sites for hydroxylation is 1. The minimum atomic E-state index is -1.87. The van der Waals surface area contributed by atoms with Crippen molar-refractivity contribution in [3.05, 3.63) is 65.2 Å². The highest BCUT2D eigenvalue weighted by molar-refractivity contribution is 7.80. The van der Waals surface area contributed by atoms with E-state index in [1.165, 1.54) is 0 Å². The second-order valence-electron chi connectivity index (χ2n) is 6.07. The molecule has 5 N–H and O–H groups in total. The Morgan fingerprint density at radius 2 is 1.69 bits per heavy atom. The molecule has 1 unspecified atom stereocenters. The predicted molar refractivity (Wildman–Crippen MR) is 122 cm³/mol. The number of anilines is 1. The van der Waals surface area contributed by atoms with Gasteiger partial charge in [-0.05, 0) is 55.0 Å². The van der Waals surface area contributed by atoms with Gasteiger partial charge in [-0.2, -0.15) is 0 Å². The SMILES string of the molecule is Cc1ccccc1C(=O)NC(NC(=S)Nc1ccc(C(=O)CN)cc1)C(Cl)(Cl)Cl. The van der Waals surface area contributed by atoms with E-state index in [9.17, 15) is 9.59 Å². The molecule has 0 saturated heterocycles. The van der Waals surface area contributed by atoms with Gasteiger partial charge in [-0.1, -0.05) is 53.0 Å². The van der Waals surface area contributed by atoms with Gasteiger partial charge in [-0.15, -0.1) is 0 Å². The summed E-state index contributed by atoms with van der Waals surface area (Å²) in [6.45, 7) is 1.73. The molecule has 2 aromatic carbocycles. The summed E-state index contributed by atoms with van der Waals surface area (Å²) >= 11 is 23.3. The van der Waals surface area contributed by atoms with Gasteiger partial charge in [0.1, 0.15) is 6.17 Å². The fourth-order valence-electron chi connectivity index (χ4n) is 2.39. The zero-order chi connectivity index (χ0) is 21.6. The second-order valence-corrected chi connectivity index (χ2v) is 8.84. The van der Waals surface area contributed by atoms with Crippen molar-refractivity contribution < 1.29 is 9.59 Å². The van der Waals surface area contributed by atoms with Crippen molar-refractivity contribution in [2.45, 2.75) is 16.9 Å². The number of rotatable bonds is 6. The quantitative estimate of drug-likeness (QED) is 0.222. The molecule has 10 heteroatoms. The summed E-state index contributed by atoms with van der Waals surface area (Å²) in [5.74, 6) is -0.591. The van der Waals surface area contributed by atoms with E-state index >= 15 is 0 Å². The Labute approximate surface area is 189 Å². The molecule has 0 aliphatic carbocycles. The number of nitrogens with two attached hydrogens (primary N) is 1. The third-order valence-electron chi connectivity index (χ3n) is 3.92. The first-order chi connectivity index (χ1) is 13.6. The highest BCUT2D eigenvalue weighted by Gasteiger charge is 2.35. The van der Waals surface area contributed by atoms with Crippen LogP contribution in [0.15, 0.2) is 48.5 Å². The minimum absolute atomic E-state index is 0.0712. The van der Waals surface area contributed by atoms with Crippen LogP contribution in [0.5, 0.6) is 0 Å². The number of benzene rings is 2. The maximum absolute atomic E-state index is 12.6. The van der Waals surface area contributed by atoms with Crippen molar-refractivity contribution in [2.24, 2.45) is 5.73 Å². The molecule has 1 amide bonds. The van der Waals surface area contributed by atoms with Crippen molar-refractivity contribution in [2.75, 3.05) is 11.9 Å². The fourth-order valence-corrected chi connectivity index (χ4v) is 2.95. The number of halogens is 3. The van der Waals surface area contributed by atoms with Gasteiger partial charge in [0.25, 0.3) is 5.91 Å². The lowest BCUT2D eigenvalue weighted by Gasteiger charge is -2.28. The Balaban J connectivity index is 2.06. The molecule has 0 aliphatic rings. The van der Waals surface area contributed by atoms with Crippen LogP contribution in [-0.4, -0.2) is 33.3 Å². The summed E-state index contributed by atoms with van der Waals surface area (Å²) in [6, 6.07) is 13.6. The Morgan fingerprint density at radius 1 is 1.07 bits per heavy atom. The topological polar surface area (TPSA) is 96.2 Å². The molecular formula is C19H19Cl3N4O2S. The van der Waals surface area contributed by atoms with Crippen LogP contribution in [0.3, 0.4) is 0 Å². The number of Topliss-reactive ketones (excluding diaryl/α,β-unsaturated/α-hetero) is 1. The van der Waals surface area contributed by atoms with E-state index < -0.39 is 15.9 Å². The summed E-state index contributed by atoms with van der Waals surface area (Å²) < 4.78 is -1.87. The first-order valence-electron chi connectivity index (χ1n) is 8.46. The van der Waals surface area contributed by atoms with Gasteiger partial charge in [-0.3, -0.25) is 9.59 Å². The first-order valence-corrected chi connectivity index (χ1v) is 10.00. The molecule has 154 valence electrons. The zero-order valence-corrected chi connectivity index (χ0v) is 18.4. The van der Waals surface area contributed by atoms with Gasteiger partial charge in [0.05, 0.1) is 6.54 Å². The Hall–Kier alpha value is -1.90. The number of alkyl halides is 3. The van der Waals surface area contributed by atoms with Crippen LogP contribution in [-0.2, 0) is 0 Å². The molecule has 2 rings (SSSR count). The van der Waals surface area contributed by atoms with Crippen molar-refractivity contribution >= 4 is 69.5 Å². The Morgan fingerprint density at radius 3 is 2.24 bits per heavy atom. The summed E-state index contributed by atoms with van der Waals surface area (Å²) in [5, 5.41) is 8.43. The molecule has 0 heterocycles. The molecule has 0 aromatic heterocycles. The molecule has 6 nitrogen and oxygen atoms in total. The lowest BCUT2D eigenvalue weighted by Crippen LogP contribution is -2.56. The molecule has 0 spiro atoms. The highest BCUT2D eigenvalue weighted by atomic mass is 35.6. The van der Waals surface area contributed by atoms with Gasteiger partial charge < -0.3 is 21.7 Å². The average Bonchev–Trinajstić information content (AvgIpc) is 2.67. The molecular weight excluding hydrogens is 455 g/mol. The van der Waals surface area contributed by atoms with E-state index in [-0.39, 0.29) is 17.4 Å². The van der Waals surface area contributed by atoms with E-state index in [4.69, 9.17) is 52.8 Å². The monoisotopic (exact) mass is 472 g/mol. The lowest BCUT2D eigenvalue weighted by molar-refractivity contribution is 0.0933. The fraction of sp³-hybridized carbons (Fsp3) is 0.211. The first kappa shape index (κ1) is 23.4. The van der Waals surface area contributed by atoms with Crippen molar-refractivity contribution in [3.8, 4) is 0 Å². The number of hydrogen-bond donors (Lipinski definition) is 4. The molecule has 0 bridgehead atoms. The normalized spacial score (nSPS) is 12.0. The van der Waals surface area contributed by atoms with E-state index in [0.717, 1.165) is 5.56 Å². The van der Waals surface area contributed by atoms with Crippen LogP contribution in [0.4, 0.5) is 5.69 Å². The van der Waals surface area contributed by atoms with Crippen LogP contribution >= 0.6 is 47.0 Å². The number of hydrogen-bond acceptors (Lipinski definition) is 4.